The van der Waals surface area contributed by atoms with Gasteiger partial charge in [0.05, 0.1) is 0 Å². The molecule has 0 amide bonds. The highest BCUT2D eigenvalue weighted by atomic mass is 19.1. The van der Waals surface area contributed by atoms with Crippen LogP contribution in [0.25, 0.3) is 0 Å². The lowest BCUT2D eigenvalue weighted by Gasteiger charge is -2.02. The number of nitrogens with two attached hydrogens (primary N) is 1. The molecule has 0 unspecified atom stereocenters. The molecule has 2 aromatic carbocycles. The Labute approximate surface area is 112 Å². The van der Waals surface area contributed by atoms with Crippen LogP contribution in [0, 0.1) is 11.8 Å². The van der Waals surface area contributed by atoms with Gasteiger partial charge in [-0.3, -0.25) is 0 Å². The van der Waals surface area contributed by atoms with Gasteiger partial charge >= 0.3 is 0 Å². The molecule has 0 aromatic heterocycles. The van der Waals surface area contributed by atoms with Gasteiger partial charge in [-0.05, 0) is 48.5 Å². The summed E-state index contributed by atoms with van der Waals surface area (Å²) in [5.41, 5.74) is 8.11. The van der Waals surface area contributed by atoms with Crippen LogP contribution in [0.2, 0.25) is 0 Å². The van der Waals surface area contributed by atoms with Gasteiger partial charge in [-0.15, -0.1) is 0 Å². The molecule has 0 aliphatic rings. The van der Waals surface area contributed by atoms with Crippen LogP contribution in [0.4, 0.5) is 10.1 Å². The number of hydrogen-bond donors (Lipinski definition) is 1. The molecule has 3 heteroatoms. The Morgan fingerprint density at radius 3 is 1.95 bits per heavy atom. The van der Waals surface area contributed by atoms with Gasteiger partial charge < -0.3 is 10.5 Å². The van der Waals surface area contributed by atoms with E-state index in [1.165, 1.54) is 0 Å². The SMILES string of the molecule is Nc1ccc(C#Cc2ccc(OCCF)cc2)cc1. The summed E-state index contributed by atoms with van der Waals surface area (Å²) >= 11 is 0. The van der Waals surface area contributed by atoms with Crippen molar-refractivity contribution >= 4 is 5.69 Å². The minimum atomic E-state index is -0.487. The van der Waals surface area contributed by atoms with E-state index in [1.807, 2.05) is 36.4 Å². The lowest BCUT2D eigenvalue weighted by molar-refractivity contribution is 0.273. The van der Waals surface area contributed by atoms with Gasteiger partial charge in [0, 0.05) is 16.8 Å². The molecule has 0 atom stereocenters. The molecule has 0 heterocycles. The smallest absolute Gasteiger partial charge is 0.123 e. The van der Waals surface area contributed by atoms with Crippen LogP contribution in [-0.4, -0.2) is 13.3 Å². The highest BCUT2D eigenvalue weighted by Crippen LogP contribution is 2.11. The first-order valence-electron chi connectivity index (χ1n) is 5.94. The van der Waals surface area contributed by atoms with E-state index in [1.54, 1.807) is 12.1 Å². The highest BCUT2D eigenvalue weighted by Gasteiger charge is 1.93. The number of nitrogen functional groups attached to an aromatic ring is 1. The van der Waals surface area contributed by atoms with E-state index in [4.69, 9.17) is 10.5 Å². The molecule has 2 aromatic rings. The largest absolute Gasteiger partial charge is 0.491 e. The average molecular weight is 255 g/mol. The third-order valence-electron chi connectivity index (χ3n) is 2.46. The molecule has 2 nitrogen and oxygen atoms in total. The van der Waals surface area contributed by atoms with Crippen LogP contribution in [0.1, 0.15) is 11.1 Å². The quantitative estimate of drug-likeness (QED) is 0.676. The van der Waals surface area contributed by atoms with E-state index in [0.717, 1.165) is 16.8 Å². The van der Waals surface area contributed by atoms with Crippen molar-refractivity contribution in [2.24, 2.45) is 0 Å². The fourth-order valence-electron chi connectivity index (χ4n) is 1.50. The zero-order chi connectivity index (χ0) is 13.5. The van der Waals surface area contributed by atoms with Gasteiger partial charge in [0.1, 0.15) is 19.0 Å². The van der Waals surface area contributed by atoms with Crippen LogP contribution in [0.5, 0.6) is 5.75 Å². The second-order valence-electron chi connectivity index (χ2n) is 3.93. The Bertz CT molecular complexity index is 579. The highest BCUT2D eigenvalue weighted by molar-refractivity contribution is 5.48. The normalized spacial score (nSPS) is 9.53. The minimum absolute atomic E-state index is 0.0798. The van der Waals surface area contributed by atoms with E-state index >= 15 is 0 Å². The zero-order valence-electron chi connectivity index (χ0n) is 10.4. The molecule has 0 fully saturated rings. The van der Waals surface area contributed by atoms with Crippen LogP contribution < -0.4 is 10.5 Å². The van der Waals surface area contributed by atoms with Gasteiger partial charge in [0.2, 0.25) is 0 Å². The molecular formula is C16H14FNO. The first kappa shape index (κ1) is 13.0. The topological polar surface area (TPSA) is 35.2 Å². The first-order chi connectivity index (χ1) is 9.28. The van der Waals surface area contributed by atoms with E-state index in [9.17, 15) is 4.39 Å². The van der Waals surface area contributed by atoms with E-state index in [2.05, 4.69) is 11.8 Å². The molecule has 2 rings (SSSR count). The molecule has 0 aliphatic heterocycles. The van der Waals surface area contributed by atoms with Crippen LogP contribution in [0.3, 0.4) is 0 Å². The lowest BCUT2D eigenvalue weighted by Crippen LogP contribution is -1.98. The summed E-state index contributed by atoms with van der Waals surface area (Å²) in [6.45, 7) is -0.408. The van der Waals surface area contributed by atoms with Crippen molar-refractivity contribution in [2.45, 2.75) is 0 Å². The summed E-state index contributed by atoms with van der Waals surface area (Å²) in [7, 11) is 0. The second kappa shape index (κ2) is 6.46. The lowest BCUT2D eigenvalue weighted by atomic mass is 10.1. The maximum Gasteiger partial charge on any atom is 0.123 e. The average Bonchev–Trinajstić information content (AvgIpc) is 2.46. The van der Waals surface area contributed by atoms with Crippen molar-refractivity contribution in [2.75, 3.05) is 19.0 Å². The Kier molecular flexibility index (Phi) is 4.41. The Hall–Kier alpha value is -2.47. The van der Waals surface area contributed by atoms with Crippen LogP contribution in [-0.2, 0) is 0 Å². The monoisotopic (exact) mass is 255 g/mol. The Morgan fingerprint density at radius 1 is 0.895 bits per heavy atom. The van der Waals surface area contributed by atoms with Crippen molar-refractivity contribution in [3.8, 4) is 17.6 Å². The van der Waals surface area contributed by atoms with Crippen LogP contribution >= 0.6 is 0 Å². The van der Waals surface area contributed by atoms with Crippen LogP contribution in [0.15, 0.2) is 48.5 Å². The van der Waals surface area contributed by atoms with Crippen molar-refractivity contribution in [3.05, 3.63) is 59.7 Å². The third-order valence-corrected chi connectivity index (χ3v) is 2.46. The van der Waals surface area contributed by atoms with Crippen molar-refractivity contribution < 1.29 is 9.13 Å². The molecule has 0 bridgehead atoms. The number of anilines is 1. The minimum Gasteiger partial charge on any atom is -0.491 e. The maximum atomic E-state index is 11.9. The van der Waals surface area contributed by atoms with E-state index < -0.39 is 6.67 Å². The first-order valence-corrected chi connectivity index (χ1v) is 5.94. The summed E-state index contributed by atoms with van der Waals surface area (Å²) < 4.78 is 17.1. The third kappa shape index (κ3) is 4.04. The second-order valence-corrected chi connectivity index (χ2v) is 3.93. The Morgan fingerprint density at radius 2 is 1.42 bits per heavy atom. The maximum absolute atomic E-state index is 11.9. The van der Waals surface area contributed by atoms with Crippen molar-refractivity contribution in [3.63, 3.8) is 0 Å². The number of benzene rings is 2. The van der Waals surface area contributed by atoms with Gasteiger partial charge in [-0.2, -0.15) is 0 Å². The number of hydrogen-bond acceptors (Lipinski definition) is 2. The molecule has 19 heavy (non-hydrogen) atoms. The molecule has 0 aliphatic carbocycles. The van der Waals surface area contributed by atoms with Gasteiger partial charge in [-0.25, -0.2) is 4.39 Å². The van der Waals surface area contributed by atoms with E-state index in [-0.39, 0.29) is 6.61 Å². The standard InChI is InChI=1S/C16H14FNO/c17-11-12-19-16-9-5-14(6-10-16)2-1-13-3-7-15(18)8-4-13/h3-10H,11-12,18H2. The molecule has 96 valence electrons. The molecule has 0 spiro atoms. The predicted molar refractivity (Wildman–Crippen MR) is 74.7 cm³/mol. The molecule has 0 saturated carbocycles. The van der Waals surface area contributed by atoms with Gasteiger partial charge in [0.15, 0.2) is 0 Å². The summed E-state index contributed by atoms with van der Waals surface area (Å²) in [6.07, 6.45) is 0. The summed E-state index contributed by atoms with van der Waals surface area (Å²) in [5, 5.41) is 0. The Balaban J connectivity index is 2.05. The zero-order valence-corrected chi connectivity index (χ0v) is 10.4. The van der Waals surface area contributed by atoms with Gasteiger partial charge in [0.25, 0.3) is 0 Å². The summed E-state index contributed by atoms with van der Waals surface area (Å²) in [4.78, 5) is 0. The number of rotatable bonds is 3. The number of ether oxygens (including phenoxy) is 1. The molecule has 0 saturated heterocycles. The summed E-state index contributed by atoms with van der Waals surface area (Å²) in [5.74, 6) is 6.74. The fourth-order valence-corrected chi connectivity index (χ4v) is 1.50. The van der Waals surface area contributed by atoms with E-state index in [0.29, 0.717) is 5.75 Å². The fraction of sp³-hybridized carbons (Fsp3) is 0.125. The summed E-state index contributed by atoms with van der Waals surface area (Å²) in [6, 6.07) is 14.6. The predicted octanol–water partition coefficient (Wildman–Crippen LogP) is 3.02. The van der Waals surface area contributed by atoms with Crippen molar-refractivity contribution in [1.82, 2.24) is 0 Å². The van der Waals surface area contributed by atoms with Crippen molar-refractivity contribution in [1.29, 1.82) is 0 Å². The number of halogens is 1. The molecule has 2 N–H and O–H groups in total. The molecular weight excluding hydrogens is 241 g/mol. The molecule has 0 radical (unpaired) electrons. The van der Waals surface area contributed by atoms with Gasteiger partial charge in [-0.1, -0.05) is 11.8 Å². The number of alkyl halides is 1.